The summed E-state index contributed by atoms with van der Waals surface area (Å²) in [6, 6.07) is 14.8. The Morgan fingerprint density at radius 2 is 2.12 bits per heavy atom. The standard InChI is InChI=1S/C21H21N3O/c1-13-16-8-9-24(20(13)11-14-4-2-3-5-17(14)16)21(25)15-6-7-18-19(10-15)23-12-22-18/h2-7,10,12-13,16,20H,8-9,11H2,1H3,(H,22,23)/t13?,16-,20-/m1/s1. The van der Waals surface area contributed by atoms with Gasteiger partial charge in [0.15, 0.2) is 0 Å². The molecule has 126 valence electrons. The molecule has 1 amide bonds. The molecule has 2 bridgehead atoms. The second kappa shape index (κ2) is 5.45. The first-order valence-corrected chi connectivity index (χ1v) is 9.04. The number of rotatable bonds is 1. The van der Waals surface area contributed by atoms with Crippen LogP contribution in [-0.2, 0) is 6.42 Å². The number of fused-ring (bicyclic) bond motifs is 5. The molecule has 25 heavy (non-hydrogen) atoms. The minimum Gasteiger partial charge on any atom is -0.345 e. The maximum absolute atomic E-state index is 13.2. The van der Waals surface area contributed by atoms with Crippen LogP contribution >= 0.6 is 0 Å². The number of carbonyl (C=O) groups excluding carboxylic acids is 1. The predicted molar refractivity (Wildman–Crippen MR) is 97.6 cm³/mol. The van der Waals surface area contributed by atoms with E-state index in [1.165, 1.54) is 11.1 Å². The minimum atomic E-state index is 0.145. The topological polar surface area (TPSA) is 49.0 Å². The predicted octanol–water partition coefficient (Wildman–Crippen LogP) is 3.75. The molecule has 2 aliphatic rings. The van der Waals surface area contributed by atoms with Gasteiger partial charge in [0.05, 0.1) is 17.4 Å². The van der Waals surface area contributed by atoms with Crippen molar-refractivity contribution in [3.63, 3.8) is 0 Å². The van der Waals surface area contributed by atoms with Crippen LogP contribution in [0.4, 0.5) is 0 Å². The third-order valence-electron chi connectivity index (χ3n) is 6.13. The van der Waals surface area contributed by atoms with E-state index < -0.39 is 0 Å². The molecule has 1 aliphatic carbocycles. The molecule has 0 saturated carbocycles. The van der Waals surface area contributed by atoms with E-state index in [9.17, 15) is 4.79 Å². The molecule has 1 N–H and O–H groups in total. The van der Waals surface area contributed by atoms with Crippen LogP contribution in [-0.4, -0.2) is 33.4 Å². The summed E-state index contributed by atoms with van der Waals surface area (Å²) in [7, 11) is 0. The van der Waals surface area contributed by atoms with Gasteiger partial charge in [-0.2, -0.15) is 0 Å². The zero-order valence-corrected chi connectivity index (χ0v) is 14.3. The lowest BCUT2D eigenvalue weighted by Gasteiger charge is -2.48. The van der Waals surface area contributed by atoms with E-state index in [2.05, 4.69) is 46.1 Å². The number of nitrogens with one attached hydrogen (secondary N) is 1. The molecular formula is C21H21N3O. The van der Waals surface area contributed by atoms with Crippen LogP contribution in [0, 0.1) is 5.92 Å². The highest BCUT2D eigenvalue weighted by molar-refractivity contribution is 5.97. The molecule has 0 radical (unpaired) electrons. The summed E-state index contributed by atoms with van der Waals surface area (Å²) < 4.78 is 0. The van der Waals surface area contributed by atoms with E-state index in [0.717, 1.165) is 36.0 Å². The lowest BCUT2D eigenvalue weighted by Crippen LogP contribution is -2.53. The van der Waals surface area contributed by atoms with Gasteiger partial charge in [0.25, 0.3) is 5.91 Å². The highest BCUT2D eigenvalue weighted by atomic mass is 16.2. The third kappa shape index (κ3) is 2.20. The number of imidazole rings is 1. The second-order valence-corrected chi connectivity index (χ2v) is 7.36. The van der Waals surface area contributed by atoms with Crippen molar-refractivity contribution in [1.82, 2.24) is 14.9 Å². The summed E-state index contributed by atoms with van der Waals surface area (Å²) in [5.74, 6) is 1.23. The van der Waals surface area contributed by atoms with E-state index in [-0.39, 0.29) is 5.91 Å². The van der Waals surface area contributed by atoms with Gasteiger partial charge in [-0.3, -0.25) is 4.79 Å². The molecular weight excluding hydrogens is 310 g/mol. The monoisotopic (exact) mass is 331 g/mol. The van der Waals surface area contributed by atoms with Crippen molar-refractivity contribution < 1.29 is 4.79 Å². The molecule has 2 heterocycles. The van der Waals surface area contributed by atoms with Gasteiger partial charge >= 0.3 is 0 Å². The molecule has 1 aliphatic heterocycles. The summed E-state index contributed by atoms with van der Waals surface area (Å²) in [4.78, 5) is 22.7. The van der Waals surface area contributed by atoms with E-state index in [1.54, 1.807) is 6.33 Å². The largest absolute Gasteiger partial charge is 0.345 e. The third-order valence-corrected chi connectivity index (χ3v) is 6.13. The van der Waals surface area contributed by atoms with Crippen molar-refractivity contribution in [3.05, 3.63) is 65.5 Å². The number of hydrogen-bond acceptors (Lipinski definition) is 2. The SMILES string of the molecule is CC1[C@H]2Cc3ccccc3[C@@H]1CCN2C(=O)c1ccc2nc[nH]c2c1. The van der Waals surface area contributed by atoms with Gasteiger partial charge in [-0.05, 0) is 54.0 Å². The van der Waals surface area contributed by atoms with Crippen LogP contribution in [0.3, 0.4) is 0 Å². The van der Waals surface area contributed by atoms with Crippen molar-refractivity contribution in [2.24, 2.45) is 5.92 Å². The van der Waals surface area contributed by atoms with Gasteiger partial charge in [0.2, 0.25) is 0 Å². The molecule has 2 aromatic carbocycles. The van der Waals surface area contributed by atoms with Crippen LogP contribution in [0.5, 0.6) is 0 Å². The highest BCUT2D eigenvalue weighted by Gasteiger charge is 2.42. The Labute approximate surface area is 146 Å². The number of benzene rings is 2. The molecule has 1 saturated heterocycles. The Morgan fingerprint density at radius 1 is 1.24 bits per heavy atom. The van der Waals surface area contributed by atoms with Crippen LogP contribution in [0.1, 0.15) is 40.7 Å². The first-order valence-electron chi connectivity index (χ1n) is 9.04. The molecule has 1 fully saturated rings. The fourth-order valence-corrected chi connectivity index (χ4v) is 4.79. The number of hydrogen-bond donors (Lipinski definition) is 1. The second-order valence-electron chi connectivity index (χ2n) is 7.36. The van der Waals surface area contributed by atoms with E-state index in [1.807, 2.05) is 18.2 Å². The number of nitrogens with zero attached hydrogens (tertiary/aromatic N) is 2. The van der Waals surface area contributed by atoms with Crippen LogP contribution < -0.4 is 0 Å². The van der Waals surface area contributed by atoms with Crippen LogP contribution in [0.15, 0.2) is 48.8 Å². The van der Waals surface area contributed by atoms with Crippen LogP contribution in [0.2, 0.25) is 0 Å². The average Bonchev–Trinajstić information content (AvgIpc) is 3.09. The number of aromatic amines is 1. The Morgan fingerprint density at radius 3 is 3.04 bits per heavy atom. The molecule has 1 aromatic heterocycles. The van der Waals surface area contributed by atoms with Crippen molar-refractivity contribution in [2.75, 3.05) is 6.54 Å². The number of piperidine rings is 1. The normalized spacial score (nSPS) is 25.0. The van der Waals surface area contributed by atoms with Gasteiger partial charge in [0, 0.05) is 18.2 Å². The Balaban J connectivity index is 1.49. The van der Waals surface area contributed by atoms with Gasteiger partial charge in [-0.25, -0.2) is 4.98 Å². The molecule has 4 heteroatoms. The number of H-pyrrole nitrogens is 1. The summed E-state index contributed by atoms with van der Waals surface area (Å²) >= 11 is 0. The lowest BCUT2D eigenvalue weighted by molar-refractivity contribution is 0.0439. The van der Waals surface area contributed by atoms with E-state index in [0.29, 0.717) is 17.9 Å². The number of likely N-dealkylation sites (tertiary alicyclic amines) is 1. The van der Waals surface area contributed by atoms with Gasteiger partial charge < -0.3 is 9.88 Å². The average molecular weight is 331 g/mol. The lowest BCUT2D eigenvalue weighted by atomic mass is 9.68. The zero-order chi connectivity index (χ0) is 17.0. The van der Waals surface area contributed by atoms with Gasteiger partial charge in [-0.15, -0.1) is 0 Å². The maximum Gasteiger partial charge on any atom is 0.254 e. The van der Waals surface area contributed by atoms with Gasteiger partial charge in [-0.1, -0.05) is 31.2 Å². The van der Waals surface area contributed by atoms with Gasteiger partial charge in [0.1, 0.15) is 0 Å². The van der Waals surface area contributed by atoms with Crippen molar-refractivity contribution >= 4 is 16.9 Å². The first kappa shape index (κ1) is 14.7. The van der Waals surface area contributed by atoms with E-state index in [4.69, 9.17) is 0 Å². The smallest absolute Gasteiger partial charge is 0.254 e. The van der Waals surface area contributed by atoms with Crippen molar-refractivity contribution in [2.45, 2.75) is 31.7 Å². The van der Waals surface area contributed by atoms with Crippen molar-refractivity contribution in [1.29, 1.82) is 0 Å². The zero-order valence-electron chi connectivity index (χ0n) is 14.3. The molecule has 1 unspecified atom stereocenters. The molecule has 5 rings (SSSR count). The number of carbonyl (C=O) groups is 1. The van der Waals surface area contributed by atoms with Crippen molar-refractivity contribution in [3.8, 4) is 0 Å². The van der Waals surface area contributed by atoms with E-state index >= 15 is 0 Å². The molecule has 3 aromatic rings. The summed E-state index contributed by atoms with van der Waals surface area (Å²) in [5.41, 5.74) is 5.48. The Bertz CT molecular complexity index is 960. The fourth-order valence-electron chi connectivity index (χ4n) is 4.79. The first-order chi connectivity index (χ1) is 12.2. The Kier molecular flexibility index (Phi) is 3.20. The molecule has 4 nitrogen and oxygen atoms in total. The summed E-state index contributed by atoms with van der Waals surface area (Å²) in [5, 5.41) is 0. The summed E-state index contributed by atoms with van der Waals surface area (Å²) in [6.07, 6.45) is 3.68. The maximum atomic E-state index is 13.2. The fraction of sp³-hybridized carbons (Fsp3) is 0.333. The highest BCUT2D eigenvalue weighted by Crippen LogP contribution is 2.44. The molecule has 0 spiro atoms. The number of aromatic nitrogens is 2. The minimum absolute atomic E-state index is 0.145. The van der Waals surface area contributed by atoms with Crippen LogP contribution in [0.25, 0.3) is 11.0 Å². The number of amides is 1. The quantitative estimate of drug-likeness (QED) is 0.738. The Hall–Kier alpha value is -2.62. The summed E-state index contributed by atoms with van der Waals surface area (Å²) in [6.45, 7) is 3.15. The molecule has 3 atom stereocenters.